The highest BCUT2D eigenvalue weighted by Gasteiger charge is 2.42. The summed E-state index contributed by atoms with van der Waals surface area (Å²) in [5, 5.41) is 22.9. The molecule has 44 heavy (non-hydrogen) atoms. The first-order valence-corrected chi connectivity index (χ1v) is 18.4. The zero-order chi connectivity index (χ0) is 33.3. The number of ether oxygens (including phenoxy) is 2. The number of nitrogens with zero attached hydrogens (tertiary/aromatic N) is 5. The molecule has 3 N–H and O–H groups in total. The van der Waals surface area contributed by atoms with Crippen LogP contribution in [0.2, 0.25) is 19.6 Å². The van der Waals surface area contributed by atoms with Crippen molar-refractivity contribution in [2.75, 3.05) is 5.32 Å². The van der Waals surface area contributed by atoms with Gasteiger partial charge in [0.15, 0.2) is 10.8 Å². The summed E-state index contributed by atoms with van der Waals surface area (Å²) < 4.78 is 12.3. The number of hydrogen-bond donors (Lipinski definition) is 3. The summed E-state index contributed by atoms with van der Waals surface area (Å²) in [6.45, 7) is 19.9. The van der Waals surface area contributed by atoms with Crippen LogP contribution in [0.4, 0.5) is 9.93 Å². The largest absolute Gasteiger partial charge is 0.457 e. The average molecular weight is 651 g/mol. The third-order valence-corrected chi connectivity index (χ3v) is 8.34. The smallest absolute Gasteiger partial charge is 0.413 e. The average Bonchev–Trinajstić information content (AvgIpc) is 3.50. The van der Waals surface area contributed by atoms with Crippen molar-refractivity contribution in [2.24, 2.45) is 5.16 Å². The molecule has 1 aliphatic rings. The summed E-state index contributed by atoms with van der Waals surface area (Å²) in [6, 6.07) is -1.38. The van der Waals surface area contributed by atoms with Gasteiger partial charge in [0.05, 0.1) is 17.9 Å². The first-order valence-electron chi connectivity index (χ1n) is 14.0. The van der Waals surface area contributed by atoms with Gasteiger partial charge in [-0.25, -0.2) is 14.6 Å². The first kappa shape index (κ1) is 34.6. The lowest BCUT2D eigenvalue weighted by Gasteiger charge is -2.36. The summed E-state index contributed by atoms with van der Waals surface area (Å²) in [5.74, 6) is -1.89. The normalized spacial score (nSPS) is 17.7. The van der Waals surface area contributed by atoms with Crippen LogP contribution in [0.15, 0.2) is 16.7 Å². The van der Waals surface area contributed by atoms with Crippen LogP contribution in [0.25, 0.3) is 0 Å². The van der Waals surface area contributed by atoms with Gasteiger partial charge in [0.1, 0.15) is 31.0 Å². The first-order chi connectivity index (χ1) is 20.0. The minimum Gasteiger partial charge on any atom is -0.457 e. The van der Waals surface area contributed by atoms with E-state index in [-0.39, 0.29) is 23.1 Å². The Balaban J connectivity index is 1.83. The molecule has 2 aromatic heterocycles. The molecule has 0 unspecified atom stereocenters. The van der Waals surface area contributed by atoms with Crippen molar-refractivity contribution in [1.82, 2.24) is 30.6 Å². The topological polar surface area (TPSA) is 188 Å². The molecule has 1 saturated heterocycles. The molecule has 242 valence electrons. The van der Waals surface area contributed by atoms with E-state index in [0.717, 1.165) is 16.7 Å². The fourth-order valence-corrected chi connectivity index (χ4v) is 5.10. The minimum atomic E-state index is -1.69. The number of carbonyl (C=O) groups is 4. The van der Waals surface area contributed by atoms with Gasteiger partial charge in [-0.2, -0.15) is 0 Å². The van der Waals surface area contributed by atoms with Gasteiger partial charge in [-0.15, -0.1) is 16.4 Å². The van der Waals surface area contributed by atoms with Crippen LogP contribution in [0.1, 0.15) is 61.1 Å². The number of esters is 1. The molecule has 15 nitrogen and oxygen atoms in total. The highest BCUT2D eigenvalue weighted by Crippen LogP contribution is 2.21. The van der Waals surface area contributed by atoms with Crippen molar-refractivity contribution < 1.29 is 33.5 Å². The third-order valence-electron chi connectivity index (χ3n) is 5.82. The van der Waals surface area contributed by atoms with Crippen LogP contribution in [0.5, 0.6) is 0 Å². The predicted octanol–water partition coefficient (Wildman–Crippen LogP) is 2.15. The lowest BCUT2D eigenvalue weighted by molar-refractivity contribution is -0.179. The van der Waals surface area contributed by atoms with Crippen molar-refractivity contribution in [3.05, 3.63) is 17.3 Å². The predicted molar refractivity (Wildman–Crippen MR) is 166 cm³/mol. The zero-order valence-corrected chi connectivity index (χ0v) is 28.8. The lowest BCUT2D eigenvalue weighted by atomic mass is 9.98. The highest BCUT2D eigenvalue weighted by molar-refractivity contribution is 7.14. The van der Waals surface area contributed by atoms with Gasteiger partial charge in [-0.3, -0.25) is 19.6 Å². The van der Waals surface area contributed by atoms with E-state index in [4.69, 9.17) is 14.3 Å². The van der Waals surface area contributed by atoms with Crippen LogP contribution in [0.3, 0.4) is 0 Å². The highest BCUT2D eigenvalue weighted by atomic mass is 32.1. The summed E-state index contributed by atoms with van der Waals surface area (Å²) in [6.07, 6.45) is 1.12. The molecule has 1 aliphatic heterocycles. The van der Waals surface area contributed by atoms with Crippen LogP contribution >= 0.6 is 11.3 Å². The Kier molecular flexibility index (Phi) is 9.94. The van der Waals surface area contributed by atoms with E-state index < -0.39 is 60.8 Å². The quantitative estimate of drug-likeness (QED) is 0.113. The Morgan fingerprint density at radius 3 is 2.25 bits per heavy atom. The monoisotopic (exact) mass is 650 g/mol. The zero-order valence-electron chi connectivity index (χ0n) is 27.0. The van der Waals surface area contributed by atoms with Crippen LogP contribution in [0, 0.1) is 0 Å². The Morgan fingerprint density at radius 1 is 1.07 bits per heavy atom. The number of hydrogen-bond acceptors (Lipinski definition) is 12. The molecule has 0 radical (unpaired) electrons. The molecule has 0 bridgehead atoms. The molecule has 2 aromatic rings. The second-order valence-electron chi connectivity index (χ2n) is 13.9. The summed E-state index contributed by atoms with van der Waals surface area (Å²) in [4.78, 5) is 60.9. The third kappa shape index (κ3) is 9.57. The van der Waals surface area contributed by atoms with E-state index in [2.05, 4.69) is 56.0 Å². The number of aromatic nitrogens is 4. The number of rotatable bonds is 10. The number of thiazole rings is 1. The maximum absolute atomic E-state index is 13.6. The van der Waals surface area contributed by atoms with Crippen molar-refractivity contribution in [3.63, 3.8) is 0 Å². The molecule has 0 saturated carbocycles. The van der Waals surface area contributed by atoms with Gasteiger partial charge in [0.2, 0.25) is 11.5 Å². The molecule has 3 amide bonds. The number of nitrogens with one attached hydrogen (secondary N) is 3. The number of anilines is 1. The second-order valence-corrected chi connectivity index (χ2v) is 19.7. The fraction of sp³-hybridized carbons (Fsp3) is 0.630. The number of oxime groups is 1. The Labute approximate surface area is 261 Å². The van der Waals surface area contributed by atoms with Crippen LogP contribution < -0.4 is 21.3 Å². The van der Waals surface area contributed by atoms with Crippen molar-refractivity contribution in [2.45, 2.75) is 110 Å². The van der Waals surface area contributed by atoms with E-state index in [1.54, 1.807) is 46.2 Å². The van der Waals surface area contributed by atoms with Gasteiger partial charge in [0, 0.05) is 11.6 Å². The van der Waals surface area contributed by atoms with Crippen molar-refractivity contribution >= 4 is 59.4 Å². The fourth-order valence-electron chi connectivity index (χ4n) is 3.54. The lowest BCUT2D eigenvalue weighted by Crippen LogP contribution is -2.70. The molecule has 1 fully saturated rings. The van der Waals surface area contributed by atoms with E-state index in [9.17, 15) is 19.2 Å². The van der Waals surface area contributed by atoms with Crippen molar-refractivity contribution in [1.29, 1.82) is 0 Å². The van der Waals surface area contributed by atoms with Crippen LogP contribution in [-0.4, -0.2) is 86.5 Å². The molecule has 2 atom stereocenters. The molecule has 0 aromatic carbocycles. The number of amides is 3. The number of β-lactam (4-membered cyclic amide) rings is 1. The van der Waals surface area contributed by atoms with Gasteiger partial charge < -0.3 is 24.9 Å². The summed E-state index contributed by atoms with van der Waals surface area (Å²) in [7, 11) is -1.69. The van der Waals surface area contributed by atoms with E-state index >= 15 is 0 Å². The van der Waals surface area contributed by atoms with E-state index in [1.807, 2.05) is 6.20 Å². The van der Waals surface area contributed by atoms with Gasteiger partial charge in [-0.1, -0.05) is 30.0 Å². The Hall–Kier alpha value is -3.86. The molecule has 3 heterocycles. The molecule has 0 spiro atoms. The van der Waals surface area contributed by atoms with Crippen LogP contribution in [-0.2, 0) is 35.2 Å². The molecule has 0 aliphatic carbocycles. The standard InChI is InChI=1S/C27H42N8O7SSi/c1-25(2,3)40-22(38)27(7,8)42-33-19(16-14-43-23(29-16)31-24(39)41-26(4,5)6)21(37)30-18-15(28-20(18)36)12-35-13-17(32-34-35)44(9,10)11/h13-15,18H,12H2,1-11H3,(H,28,36)(H,30,37)(H,29,31,39)/t15-,18-/m0/s1. The van der Waals surface area contributed by atoms with Gasteiger partial charge in [-0.05, 0) is 55.4 Å². The molecular weight excluding hydrogens is 608 g/mol. The van der Waals surface area contributed by atoms with Gasteiger partial charge >= 0.3 is 12.1 Å². The van der Waals surface area contributed by atoms with E-state index in [1.165, 1.54) is 19.2 Å². The maximum atomic E-state index is 13.6. The van der Waals surface area contributed by atoms with Crippen molar-refractivity contribution in [3.8, 4) is 0 Å². The summed E-state index contributed by atoms with van der Waals surface area (Å²) >= 11 is 1.02. The minimum absolute atomic E-state index is 0.0332. The molecule has 17 heteroatoms. The SMILES string of the molecule is CC(C)(C)OC(=O)Nc1nc(C(=NOC(C)(C)C(=O)OC(C)(C)C)C(=O)N[C@@H]2C(=O)N[C@H]2Cn2cc([Si](C)(C)C)nn2)cs1. The second kappa shape index (κ2) is 12.6. The van der Waals surface area contributed by atoms with Gasteiger partial charge in [0.25, 0.3) is 5.91 Å². The Bertz CT molecular complexity index is 1430. The molecule has 3 rings (SSSR count). The Morgan fingerprint density at radius 2 is 1.70 bits per heavy atom. The van der Waals surface area contributed by atoms with E-state index in [0.29, 0.717) is 0 Å². The maximum Gasteiger partial charge on any atom is 0.413 e. The summed E-state index contributed by atoms with van der Waals surface area (Å²) in [5.41, 5.74) is -3.39. The number of carbonyl (C=O) groups excluding carboxylic acids is 4. The molecular formula is C27H42N8O7SSi.